The van der Waals surface area contributed by atoms with Crippen LogP contribution in [0.15, 0.2) is 36.7 Å². The number of hydrogen-bond donors (Lipinski definition) is 2. The molecular weight excluding hydrogens is 316 g/mol. The van der Waals surface area contributed by atoms with Crippen molar-refractivity contribution in [3.8, 4) is 5.75 Å². The zero-order chi connectivity index (χ0) is 16.9. The molecule has 3 rings (SSSR count). The van der Waals surface area contributed by atoms with E-state index in [0.29, 0.717) is 5.82 Å². The average Bonchev–Trinajstić information content (AvgIpc) is 3.11. The van der Waals surface area contributed by atoms with Gasteiger partial charge in [-0.3, -0.25) is 4.90 Å². The van der Waals surface area contributed by atoms with Crippen LogP contribution < -0.4 is 4.74 Å². The number of H-pyrrole nitrogens is 1. The first-order valence-electron chi connectivity index (χ1n) is 8.05. The van der Waals surface area contributed by atoms with E-state index in [4.69, 9.17) is 0 Å². The normalized spacial score (nSPS) is 18.0. The Balaban J connectivity index is 1.48. The van der Waals surface area contributed by atoms with E-state index < -0.39 is 12.7 Å². The minimum atomic E-state index is -2.80. The van der Waals surface area contributed by atoms with Gasteiger partial charge in [0, 0.05) is 18.9 Å². The molecule has 2 N–H and O–H groups in total. The highest BCUT2D eigenvalue weighted by Gasteiger charge is 2.27. The van der Waals surface area contributed by atoms with E-state index in [-0.39, 0.29) is 11.7 Å². The lowest BCUT2D eigenvalue weighted by Gasteiger charge is -2.33. The van der Waals surface area contributed by atoms with Crippen LogP contribution in [-0.4, -0.2) is 39.7 Å². The van der Waals surface area contributed by atoms with Gasteiger partial charge in [0.1, 0.15) is 17.7 Å². The summed E-state index contributed by atoms with van der Waals surface area (Å²) in [6.45, 7) is -0.260. The Kier molecular flexibility index (Phi) is 5.42. The predicted octanol–water partition coefficient (Wildman–Crippen LogP) is 2.96. The lowest BCUT2D eigenvalue weighted by Crippen LogP contribution is -2.35. The summed E-state index contributed by atoms with van der Waals surface area (Å²) >= 11 is 0. The van der Waals surface area contributed by atoms with Crippen LogP contribution in [0, 0.1) is 5.92 Å². The monoisotopic (exact) mass is 337 g/mol. The highest BCUT2D eigenvalue weighted by molar-refractivity contribution is 5.27. The number of alkyl halides is 2. The van der Waals surface area contributed by atoms with Crippen LogP contribution >= 0.6 is 0 Å². The standard InChI is InChI=1S/C17H21F2N3O2/c18-17(19)24-14-3-1-12(2-4-14)11-22-9-5-13(6-10-22)15(23)16-20-7-8-21-16/h1-4,7-8,13,15,17,23H,5-6,9-11H2,(H,20,21)/t15-/m0/s1. The molecule has 1 aromatic heterocycles. The first-order valence-corrected chi connectivity index (χ1v) is 8.05. The van der Waals surface area contributed by atoms with Crippen LogP contribution in [0.3, 0.4) is 0 Å². The van der Waals surface area contributed by atoms with Crippen LogP contribution in [0.5, 0.6) is 5.75 Å². The van der Waals surface area contributed by atoms with Crippen molar-refractivity contribution in [3.63, 3.8) is 0 Å². The topological polar surface area (TPSA) is 61.4 Å². The van der Waals surface area contributed by atoms with Gasteiger partial charge in [0.2, 0.25) is 0 Å². The van der Waals surface area contributed by atoms with Gasteiger partial charge in [0.05, 0.1) is 0 Å². The summed E-state index contributed by atoms with van der Waals surface area (Å²) in [5.41, 5.74) is 1.06. The van der Waals surface area contributed by atoms with Crippen LogP contribution in [0.1, 0.15) is 30.3 Å². The van der Waals surface area contributed by atoms with Gasteiger partial charge in [-0.05, 0) is 49.5 Å². The molecule has 1 atom stereocenters. The highest BCUT2D eigenvalue weighted by Crippen LogP contribution is 2.29. The molecule has 0 radical (unpaired) electrons. The number of imidazole rings is 1. The fraction of sp³-hybridized carbons (Fsp3) is 0.471. The Morgan fingerprint density at radius 3 is 2.54 bits per heavy atom. The molecule has 0 bridgehead atoms. The van der Waals surface area contributed by atoms with Gasteiger partial charge in [0.25, 0.3) is 0 Å². The predicted molar refractivity (Wildman–Crippen MR) is 84.6 cm³/mol. The summed E-state index contributed by atoms with van der Waals surface area (Å²) in [6, 6.07) is 6.74. The van der Waals surface area contributed by atoms with Gasteiger partial charge < -0.3 is 14.8 Å². The maximum absolute atomic E-state index is 12.1. The Morgan fingerprint density at radius 1 is 1.25 bits per heavy atom. The number of piperidine rings is 1. The molecule has 5 nitrogen and oxygen atoms in total. The Bertz CT molecular complexity index is 611. The SMILES string of the molecule is O[C@H](c1ncc[nH]1)C1CCN(Cc2ccc(OC(F)F)cc2)CC1. The number of nitrogens with one attached hydrogen (secondary N) is 1. The fourth-order valence-electron chi connectivity index (χ4n) is 3.12. The molecule has 1 aromatic carbocycles. The van der Waals surface area contributed by atoms with Crippen molar-refractivity contribution in [1.29, 1.82) is 0 Å². The Morgan fingerprint density at radius 2 is 1.96 bits per heavy atom. The Labute approximate surface area is 139 Å². The second-order valence-corrected chi connectivity index (χ2v) is 6.06. The van der Waals surface area contributed by atoms with Crippen molar-refractivity contribution in [2.75, 3.05) is 13.1 Å². The van der Waals surface area contributed by atoms with Crippen molar-refractivity contribution in [2.24, 2.45) is 5.92 Å². The number of aliphatic hydroxyl groups is 1. The quantitative estimate of drug-likeness (QED) is 0.851. The third kappa shape index (κ3) is 4.30. The summed E-state index contributed by atoms with van der Waals surface area (Å²) in [6.07, 6.45) is 4.61. The van der Waals surface area contributed by atoms with Gasteiger partial charge in [-0.2, -0.15) is 8.78 Å². The lowest BCUT2D eigenvalue weighted by atomic mass is 9.90. The fourth-order valence-corrected chi connectivity index (χ4v) is 3.12. The van der Waals surface area contributed by atoms with Crippen LogP contribution in [0.4, 0.5) is 8.78 Å². The van der Waals surface area contributed by atoms with E-state index in [1.165, 1.54) is 0 Å². The minimum Gasteiger partial charge on any atom is -0.435 e. The molecule has 1 aliphatic heterocycles. The smallest absolute Gasteiger partial charge is 0.387 e. The van der Waals surface area contributed by atoms with Crippen molar-refractivity contribution in [2.45, 2.75) is 32.1 Å². The summed E-state index contributed by atoms with van der Waals surface area (Å²) < 4.78 is 28.6. The molecule has 130 valence electrons. The number of rotatable bonds is 6. The first-order chi connectivity index (χ1) is 11.6. The van der Waals surface area contributed by atoms with Gasteiger partial charge in [-0.15, -0.1) is 0 Å². The molecule has 0 amide bonds. The minimum absolute atomic E-state index is 0.175. The number of aromatic amines is 1. The summed E-state index contributed by atoms with van der Waals surface area (Å²) in [5, 5.41) is 10.3. The van der Waals surface area contributed by atoms with Crippen molar-refractivity contribution >= 4 is 0 Å². The van der Waals surface area contributed by atoms with Crippen molar-refractivity contribution in [3.05, 3.63) is 48.0 Å². The van der Waals surface area contributed by atoms with Crippen LogP contribution in [0.2, 0.25) is 0 Å². The maximum Gasteiger partial charge on any atom is 0.387 e. The van der Waals surface area contributed by atoms with E-state index in [1.807, 2.05) is 12.1 Å². The first kappa shape index (κ1) is 16.9. The van der Waals surface area contributed by atoms with Gasteiger partial charge in [0.15, 0.2) is 0 Å². The molecule has 7 heteroatoms. The van der Waals surface area contributed by atoms with Crippen LogP contribution in [-0.2, 0) is 6.54 Å². The summed E-state index contributed by atoms with van der Waals surface area (Å²) in [5.74, 6) is 1.01. The van der Waals surface area contributed by atoms with Crippen molar-refractivity contribution in [1.82, 2.24) is 14.9 Å². The van der Waals surface area contributed by atoms with Gasteiger partial charge >= 0.3 is 6.61 Å². The zero-order valence-corrected chi connectivity index (χ0v) is 13.2. The van der Waals surface area contributed by atoms with E-state index >= 15 is 0 Å². The molecule has 0 saturated carbocycles. The molecule has 24 heavy (non-hydrogen) atoms. The number of aromatic nitrogens is 2. The maximum atomic E-state index is 12.1. The van der Waals surface area contributed by atoms with Crippen LogP contribution in [0.25, 0.3) is 0 Å². The number of hydrogen-bond acceptors (Lipinski definition) is 4. The second kappa shape index (κ2) is 7.72. The summed E-state index contributed by atoms with van der Waals surface area (Å²) in [4.78, 5) is 9.39. The number of ether oxygens (including phenoxy) is 1. The van der Waals surface area contributed by atoms with Gasteiger partial charge in [-0.25, -0.2) is 4.98 Å². The molecule has 1 aliphatic rings. The molecule has 0 aliphatic carbocycles. The third-order valence-electron chi connectivity index (χ3n) is 4.43. The molecule has 2 aromatic rings. The summed E-state index contributed by atoms with van der Waals surface area (Å²) in [7, 11) is 0. The molecular formula is C17H21F2N3O2. The molecule has 2 heterocycles. The molecule has 1 fully saturated rings. The number of aliphatic hydroxyl groups excluding tert-OH is 1. The third-order valence-corrected chi connectivity index (χ3v) is 4.43. The van der Waals surface area contributed by atoms with E-state index in [9.17, 15) is 13.9 Å². The van der Waals surface area contributed by atoms with E-state index in [2.05, 4.69) is 19.6 Å². The number of benzene rings is 1. The van der Waals surface area contributed by atoms with Gasteiger partial charge in [-0.1, -0.05) is 12.1 Å². The largest absolute Gasteiger partial charge is 0.435 e. The van der Waals surface area contributed by atoms with E-state index in [0.717, 1.165) is 38.0 Å². The number of nitrogens with zero attached hydrogens (tertiary/aromatic N) is 2. The molecule has 0 unspecified atom stereocenters. The molecule has 0 spiro atoms. The zero-order valence-electron chi connectivity index (χ0n) is 13.2. The van der Waals surface area contributed by atoms with Crippen molar-refractivity contribution < 1.29 is 18.6 Å². The number of halogens is 2. The highest BCUT2D eigenvalue weighted by atomic mass is 19.3. The molecule has 1 saturated heterocycles. The lowest BCUT2D eigenvalue weighted by molar-refractivity contribution is -0.0498. The number of likely N-dealkylation sites (tertiary alicyclic amines) is 1. The second-order valence-electron chi connectivity index (χ2n) is 6.06. The Hall–Kier alpha value is -1.99. The van der Waals surface area contributed by atoms with E-state index in [1.54, 1.807) is 24.5 Å². The average molecular weight is 337 g/mol.